The van der Waals surface area contributed by atoms with E-state index in [9.17, 15) is 0 Å². The molecule has 3 heterocycles. The summed E-state index contributed by atoms with van der Waals surface area (Å²) >= 11 is 0. The summed E-state index contributed by atoms with van der Waals surface area (Å²) in [6.45, 7) is 7.85. The van der Waals surface area contributed by atoms with Crippen LogP contribution < -0.4 is 4.90 Å². The largest absolute Gasteiger partial charge is 0.408 e. The van der Waals surface area contributed by atoms with Crippen LogP contribution in [0.2, 0.25) is 0 Å². The molecule has 0 radical (unpaired) electrons. The van der Waals surface area contributed by atoms with E-state index in [1.165, 1.54) is 0 Å². The van der Waals surface area contributed by atoms with Gasteiger partial charge in [-0.2, -0.15) is 4.98 Å². The molecule has 0 unspecified atom stereocenters. The van der Waals surface area contributed by atoms with Gasteiger partial charge in [0, 0.05) is 40.0 Å². The molecule has 8 nitrogen and oxygen atoms in total. The first-order valence-corrected chi connectivity index (χ1v) is 6.27. The van der Waals surface area contributed by atoms with Crippen LogP contribution >= 0.6 is 0 Å². The van der Waals surface area contributed by atoms with Crippen LogP contribution in [-0.2, 0) is 6.54 Å². The Bertz CT molecular complexity index is 543. The Balaban J connectivity index is 1.54. The summed E-state index contributed by atoms with van der Waals surface area (Å²) < 4.78 is 10.4. The lowest BCUT2D eigenvalue weighted by atomic mass is 10.3. The Morgan fingerprint density at radius 2 is 1.84 bits per heavy atom. The van der Waals surface area contributed by atoms with Gasteiger partial charge in [-0.25, -0.2) is 0 Å². The highest BCUT2D eigenvalue weighted by Crippen LogP contribution is 2.15. The van der Waals surface area contributed by atoms with E-state index in [4.69, 9.17) is 8.94 Å². The normalized spacial score (nSPS) is 17.1. The fourth-order valence-electron chi connectivity index (χ4n) is 2.12. The fraction of sp³-hybridized carbons (Fsp3) is 0.636. The summed E-state index contributed by atoms with van der Waals surface area (Å²) in [7, 11) is 0. The second-order valence-corrected chi connectivity index (χ2v) is 4.60. The van der Waals surface area contributed by atoms with Crippen LogP contribution in [0.15, 0.2) is 8.94 Å². The Labute approximate surface area is 110 Å². The summed E-state index contributed by atoms with van der Waals surface area (Å²) in [5.41, 5.74) is 0. The number of piperazine rings is 1. The summed E-state index contributed by atoms with van der Waals surface area (Å²) in [4.78, 5) is 8.59. The summed E-state index contributed by atoms with van der Waals surface area (Å²) in [5.74, 6) is 1.94. The molecule has 3 rings (SSSR count). The summed E-state index contributed by atoms with van der Waals surface area (Å²) in [5, 5.41) is 11.8. The lowest BCUT2D eigenvalue weighted by molar-refractivity contribution is 0.235. The van der Waals surface area contributed by atoms with Crippen LogP contribution in [0.4, 0.5) is 6.01 Å². The van der Waals surface area contributed by atoms with Gasteiger partial charge in [0.1, 0.15) is 0 Å². The zero-order valence-corrected chi connectivity index (χ0v) is 11.0. The van der Waals surface area contributed by atoms with E-state index >= 15 is 0 Å². The third-order valence-corrected chi connectivity index (χ3v) is 3.09. The molecule has 0 spiro atoms. The van der Waals surface area contributed by atoms with Gasteiger partial charge < -0.3 is 13.8 Å². The van der Waals surface area contributed by atoms with Crippen LogP contribution in [0.3, 0.4) is 0 Å². The molecule has 2 aromatic heterocycles. The number of aryl methyl sites for hydroxylation is 2. The smallest absolute Gasteiger partial charge is 0.318 e. The van der Waals surface area contributed by atoms with E-state index in [2.05, 4.69) is 30.1 Å². The first kappa shape index (κ1) is 12.1. The van der Waals surface area contributed by atoms with Gasteiger partial charge in [-0.3, -0.25) is 4.90 Å². The maximum absolute atomic E-state index is 5.43. The quantitative estimate of drug-likeness (QED) is 0.787. The van der Waals surface area contributed by atoms with Gasteiger partial charge in [-0.1, -0.05) is 10.3 Å². The molecular formula is C11H16N6O2. The molecule has 2 aromatic rings. The van der Waals surface area contributed by atoms with Crippen LogP contribution in [0.1, 0.15) is 17.6 Å². The standard InChI is InChI=1S/C11H16N6O2/c1-8-12-10(15-19-8)7-16-3-5-17(6-4-16)11-14-13-9(2)18-11/h3-7H2,1-2H3. The second-order valence-electron chi connectivity index (χ2n) is 4.60. The number of rotatable bonds is 3. The Kier molecular flexibility index (Phi) is 3.16. The molecule has 1 aliphatic rings. The summed E-state index contributed by atoms with van der Waals surface area (Å²) in [6, 6.07) is 0.604. The maximum atomic E-state index is 5.43. The van der Waals surface area contributed by atoms with Crippen molar-refractivity contribution in [3.05, 3.63) is 17.6 Å². The van der Waals surface area contributed by atoms with Crippen molar-refractivity contribution in [2.45, 2.75) is 20.4 Å². The molecule has 1 aliphatic heterocycles. The van der Waals surface area contributed by atoms with Gasteiger partial charge in [-0.15, -0.1) is 5.10 Å². The van der Waals surface area contributed by atoms with Gasteiger partial charge in [0.15, 0.2) is 5.82 Å². The van der Waals surface area contributed by atoms with Crippen molar-refractivity contribution < 1.29 is 8.94 Å². The molecule has 102 valence electrons. The van der Waals surface area contributed by atoms with Crippen molar-refractivity contribution in [1.82, 2.24) is 25.2 Å². The van der Waals surface area contributed by atoms with E-state index in [1.807, 2.05) is 0 Å². The third-order valence-electron chi connectivity index (χ3n) is 3.09. The average molecular weight is 264 g/mol. The van der Waals surface area contributed by atoms with Crippen LogP contribution in [0, 0.1) is 13.8 Å². The van der Waals surface area contributed by atoms with Crippen molar-refractivity contribution >= 4 is 6.01 Å². The number of nitrogens with zero attached hydrogens (tertiary/aromatic N) is 6. The highest BCUT2D eigenvalue weighted by atomic mass is 16.5. The molecule has 0 aromatic carbocycles. The molecule has 0 atom stereocenters. The number of hydrogen-bond donors (Lipinski definition) is 0. The second kappa shape index (κ2) is 4.96. The Morgan fingerprint density at radius 3 is 2.42 bits per heavy atom. The van der Waals surface area contributed by atoms with Gasteiger partial charge in [0.05, 0.1) is 6.54 Å². The van der Waals surface area contributed by atoms with Gasteiger partial charge in [0.25, 0.3) is 0 Å². The topological polar surface area (TPSA) is 84.3 Å². The molecule has 1 saturated heterocycles. The molecule has 0 aliphatic carbocycles. The molecule has 0 N–H and O–H groups in total. The minimum atomic E-state index is 0.597. The molecular weight excluding hydrogens is 248 g/mol. The van der Waals surface area contributed by atoms with E-state index in [1.54, 1.807) is 13.8 Å². The van der Waals surface area contributed by atoms with Crippen molar-refractivity contribution in [3.8, 4) is 0 Å². The number of aromatic nitrogens is 4. The lowest BCUT2D eigenvalue weighted by Crippen LogP contribution is -2.46. The number of anilines is 1. The minimum Gasteiger partial charge on any atom is -0.408 e. The van der Waals surface area contributed by atoms with Crippen LogP contribution in [-0.4, -0.2) is 51.4 Å². The van der Waals surface area contributed by atoms with Crippen molar-refractivity contribution in [2.75, 3.05) is 31.1 Å². The Hall–Kier alpha value is -1.96. The van der Waals surface area contributed by atoms with Crippen LogP contribution in [0.5, 0.6) is 0 Å². The van der Waals surface area contributed by atoms with E-state index < -0.39 is 0 Å². The first-order chi connectivity index (χ1) is 9.20. The van der Waals surface area contributed by atoms with Crippen molar-refractivity contribution in [3.63, 3.8) is 0 Å². The highest BCUT2D eigenvalue weighted by molar-refractivity contribution is 5.24. The van der Waals surface area contributed by atoms with E-state index in [0.29, 0.717) is 24.3 Å². The molecule has 0 bridgehead atoms. The van der Waals surface area contributed by atoms with Crippen molar-refractivity contribution in [1.29, 1.82) is 0 Å². The monoisotopic (exact) mass is 264 g/mol. The summed E-state index contributed by atoms with van der Waals surface area (Å²) in [6.07, 6.45) is 0. The van der Waals surface area contributed by atoms with Gasteiger partial charge in [-0.05, 0) is 0 Å². The van der Waals surface area contributed by atoms with E-state index in [-0.39, 0.29) is 0 Å². The van der Waals surface area contributed by atoms with Crippen molar-refractivity contribution in [2.24, 2.45) is 0 Å². The third kappa shape index (κ3) is 2.73. The zero-order valence-electron chi connectivity index (χ0n) is 11.0. The minimum absolute atomic E-state index is 0.597. The SMILES string of the molecule is Cc1nc(CN2CCN(c3nnc(C)o3)CC2)no1. The van der Waals surface area contributed by atoms with Gasteiger partial charge >= 0.3 is 6.01 Å². The van der Waals surface area contributed by atoms with Gasteiger partial charge in [0.2, 0.25) is 11.8 Å². The highest BCUT2D eigenvalue weighted by Gasteiger charge is 2.21. The van der Waals surface area contributed by atoms with Crippen LogP contribution in [0.25, 0.3) is 0 Å². The molecule has 8 heteroatoms. The fourth-order valence-corrected chi connectivity index (χ4v) is 2.12. The molecule has 1 fully saturated rings. The molecule has 0 amide bonds. The average Bonchev–Trinajstić information content (AvgIpc) is 3.00. The van der Waals surface area contributed by atoms with E-state index in [0.717, 1.165) is 32.0 Å². The first-order valence-electron chi connectivity index (χ1n) is 6.27. The zero-order chi connectivity index (χ0) is 13.2. The predicted molar refractivity (Wildman–Crippen MR) is 65.6 cm³/mol. The molecule has 19 heavy (non-hydrogen) atoms. The lowest BCUT2D eigenvalue weighted by Gasteiger charge is -2.32. The number of hydrogen-bond acceptors (Lipinski definition) is 8. The molecule has 0 saturated carbocycles. The maximum Gasteiger partial charge on any atom is 0.318 e. The predicted octanol–water partition coefficient (Wildman–Crippen LogP) is 0.392. The Morgan fingerprint density at radius 1 is 1.05 bits per heavy atom.